The molecular weight excluding hydrogens is 300 g/mol. The second-order valence-corrected chi connectivity index (χ2v) is 5.35. The molecule has 5 nitrogen and oxygen atoms in total. The number of nitrogens with zero attached hydrogens (tertiary/aromatic N) is 3. The summed E-state index contributed by atoms with van der Waals surface area (Å²) in [6.45, 7) is 0.623. The molecule has 0 unspecified atom stereocenters. The van der Waals surface area contributed by atoms with Crippen LogP contribution in [0.1, 0.15) is 11.3 Å². The smallest absolute Gasteiger partial charge is 0.218 e. The van der Waals surface area contributed by atoms with Crippen molar-refractivity contribution >= 4 is 29.2 Å². The number of aromatic amines is 1. The van der Waals surface area contributed by atoms with Gasteiger partial charge < -0.3 is 14.3 Å². The first kappa shape index (κ1) is 14.7. The number of fused-ring (bicyclic) bond motifs is 1. The Bertz CT molecular complexity index is 807. The molecule has 3 aromatic rings. The van der Waals surface area contributed by atoms with Crippen LogP contribution in [0.3, 0.4) is 0 Å². The lowest BCUT2D eigenvalue weighted by molar-refractivity contribution is 0.316. The molecule has 1 aromatic carbocycles. The van der Waals surface area contributed by atoms with Gasteiger partial charge in [0.15, 0.2) is 0 Å². The summed E-state index contributed by atoms with van der Waals surface area (Å²) >= 11 is 0. The van der Waals surface area contributed by atoms with Crippen molar-refractivity contribution in [3.05, 3.63) is 54.2 Å². The van der Waals surface area contributed by atoms with E-state index < -0.39 is 0 Å². The molecule has 22 heavy (non-hydrogen) atoms. The van der Waals surface area contributed by atoms with E-state index in [0.29, 0.717) is 6.61 Å². The molecule has 3 heterocycles. The van der Waals surface area contributed by atoms with Gasteiger partial charge in [-0.25, -0.2) is 9.98 Å². The number of aryl methyl sites for hydroxylation is 1. The molecular formula is C16H17ClN4O. The van der Waals surface area contributed by atoms with Gasteiger partial charge in [-0.3, -0.25) is 0 Å². The van der Waals surface area contributed by atoms with Gasteiger partial charge in [-0.2, -0.15) is 0 Å². The van der Waals surface area contributed by atoms with Crippen molar-refractivity contribution in [1.29, 1.82) is 0 Å². The molecule has 1 aliphatic heterocycles. The minimum absolute atomic E-state index is 0. The van der Waals surface area contributed by atoms with Crippen molar-refractivity contribution in [3.8, 4) is 0 Å². The van der Waals surface area contributed by atoms with Crippen LogP contribution >= 0.6 is 12.4 Å². The van der Waals surface area contributed by atoms with Crippen LogP contribution in [0.15, 0.2) is 48.0 Å². The van der Waals surface area contributed by atoms with Crippen molar-refractivity contribution in [2.45, 2.75) is 12.5 Å². The number of benzene rings is 1. The van der Waals surface area contributed by atoms with E-state index in [1.807, 2.05) is 25.4 Å². The Morgan fingerprint density at radius 1 is 1.36 bits per heavy atom. The first-order chi connectivity index (χ1) is 10.3. The van der Waals surface area contributed by atoms with E-state index in [2.05, 4.69) is 32.9 Å². The van der Waals surface area contributed by atoms with Crippen molar-refractivity contribution < 1.29 is 4.74 Å². The number of para-hydroxylation sites is 1. The van der Waals surface area contributed by atoms with Crippen LogP contribution in [0, 0.1) is 0 Å². The molecule has 0 aliphatic carbocycles. The number of imidazole rings is 1. The van der Waals surface area contributed by atoms with Gasteiger partial charge in [0.05, 0.1) is 17.9 Å². The third-order valence-corrected chi connectivity index (χ3v) is 3.85. The Kier molecular flexibility index (Phi) is 3.90. The maximum atomic E-state index is 5.82. The lowest BCUT2D eigenvalue weighted by Crippen LogP contribution is -2.10. The summed E-state index contributed by atoms with van der Waals surface area (Å²) in [6, 6.07) is 8.46. The number of H-pyrrole nitrogens is 1. The molecule has 6 heteroatoms. The second-order valence-electron chi connectivity index (χ2n) is 5.35. The summed E-state index contributed by atoms with van der Waals surface area (Å²) in [4.78, 5) is 11.9. The van der Waals surface area contributed by atoms with Crippen molar-refractivity contribution in [3.63, 3.8) is 0 Å². The SMILES string of the molecule is Cl.Cn1cc(C2=N[C@@H](Cc3cnc[nH]3)CO2)c2ccccc21. The summed E-state index contributed by atoms with van der Waals surface area (Å²) in [5.41, 5.74) is 3.35. The largest absolute Gasteiger partial charge is 0.475 e. The zero-order chi connectivity index (χ0) is 14.2. The van der Waals surface area contributed by atoms with Crippen LogP contribution in [-0.2, 0) is 18.2 Å². The summed E-state index contributed by atoms with van der Waals surface area (Å²) in [6.07, 6.45) is 6.45. The minimum atomic E-state index is 0. The normalized spacial score (nSPS) is 17.1. The highest BCUT2D eigenvalue weighted by Crippen LogP contribution is 2.24. The number of nitrogens with one attached hydrogen (secondary N) is 1. The molecule has 0 bridgehead atoms. The molecule has 0 saturated carbocycles. The average molecular weight is 317 g/mol. The molecule has 0 amide bonds. The van der Waals surface area contributed by atoms with E-state index in [4.69, 9.17) is 9.73 Å². The first-order valence-electron chi connectivity index (χ1n) is 7.03. The summed E-state index contributed by atoms with van der Waals surface area (Å²) < 4.78 is 7.93. The van der Waals surface area contributed by atoms with Gasteiger partial charge in [0, 0.05) is 42.5 Å². The second kappa shape index (κ2) is 5.85. The number of ether oxygens (including phenoxy) is 1. The summed E-state index contributed by atoms with van der Waals surface area (Å²) in [5, 5.41) is 1.18. The molecule has 1 atom stereocenters. The van der Waals surface area contributed by atoms with E-state index in [1.54, 1.807) is 6.33 Å². The molecule has 1 N–H and O–H groups in total. The van der Waals surface area contributed by atoms with Crippen LogP contribution in [0.4, 0.5) is 0 Å². The van der Waals surface area contributed by atoms with E-state index >= 15 is 0 Å². The fourth-order valence-corrected chi connectivity index (χ4v) is 2.83. The lowest BCUT2D eigenvalue weighted by atomic mass is 10.2. The Morgan fingerprint density at radius 2 is 2.23 bits per heavy atom. The summed E-state index contributed by atoms with van der Waals surface area (Å²) in [5.74, 6) is 0.747. The van der Waals surface area contributed by atoms with Crippen molar-refractivity contribution in [2.24, 2.45) is 12.0 Å². The Morgan fingerprint density at radius 3 is 3.05 bits per heavy atom. The molecule has 2 aromatic heterocycles. The van der Waals surface area contributed by atoms with Gasteiger partial charge in [0.1, 0.15) is 6.61 Å². The number of aliphatic imine (C=N–C) groups is 1. The molecule has 4 rings (SSSR count). The van der Waals surface area contributed by atoms with E-state index in [1.165, 1.54) is 10.9 Å². The third kappa shape index (κ3) is 2.48. The quantitative estimate of drug-likeness (QED) is 0.807. The van der Waals surface area contributed by atoms with Crippen LogP contribution in [0.25, 0.3) is 10.9 Å². The summed E-state index contributed by atoms with van der Waals surface area (Å²) in [7, 11) is 2.05. The standard InChI is InChI=1S/C16H16N4O.ClH/c1-20-8-14(13-4-2-3-5-15(13)20)16-19-12(9-21-16)6-11-7-17-10-18-11;/h2-5,7-8,10,12H,6,9H2,1H3,(H,17,18);1H/t12-;/m0./s1. The molecule has 0 radical (unpaired) electrons. The molecule has 1 aliphatic rings. The predicted molar refractivity (Wildman–Crippen MR) is 88.7 cm³/mol. The third-order valence-electron chi connectivity index (χ3n) is 3.85. The zero-order valence-electron chi connectivity index (χ0n) is 12.2. The fraction of sp³-hybridized carbons (Fsp3) is 0.250. The highest BCUT2D eigenvalue weighted by Gasteiger charge is 2.23. The Labute approximate surface area is 134 Å². The number of halogens is 1. The van der Waals surface area contributed by atoms with Crippen LogP contribution < -0.4 is 0 Å². The maximum absolute atomic E-state index is 5.82. The molecule has 0 saturated heterocycles. The van der Waals surface area contributed by atoms with Gasteiger partial charge >= 0.3 is 0 Å². The average Bonchev–Trinajstić information content (AvgIpc) is 3.21. The van der Waals surface area contributed by atoms with Gasteiger partial charge in [-0.15, -0.1) is 12.4 Å². The maximum Gasteiger partial charge on any atom is 0.218 e. The number of hydrogen-bond acceptors (Lipinski definition) is 3. The Hall–Kier alpha value is -2.27. The van der Waals surface area contributed by atoms with Crippen LogP contribution in [0.5, 0.6) is 0 Å². The number of aromatic nitrogens is 3. The van der Waals surface area contributed by atoms with E-state index in [-0.39, 0.29) is 18.4 Å². The Balaban J connectivity index is 0.00000144. The number of rotatable bonds is 3. The fourth-order valence-electron chi connectivity index (χ4n) is 2.83. The van der Waals surface area contributed by atoms with Gasteiger partial charge in [0.25, 0.3) is 0 Å². The molecule has 0 fully saturated rings. The molecule has 0 spiro atoms. The van der Waals surface area contributed by atoms with E-state index in [0.717, 1.165) is 23.6 Å². The van der Waals surface area contributed by atoms with Crippen molar-refractivity contribution in [1.82, 2.24) is 14.5 Å². The topological polar surface area (TPSA) is 55.2 Å². The minimum Gasteiger partial charge on any atom is -0.475 e. The zero-order valence-corrected chi connectivity index (χ0v) is 13.0. The van der Waals surface area contributed by atoms with E-state index in [9.17, 15) is 0 Å². The predicted octanol–water partition coefficient (Wildman–Crippen LogP) is 2.71. The lowest BCUT2D eigenvalue weighted by Gasteiger charge is -2.01. The van der Waals surface area contributed by atoms with Gasteiger partial charge in [-0.1, -0.05) is 18.2 Å². The van der Waals surface area contributed by atoms with Crippen LogP contribution in [-0.4, -0.2) is 33.1 Å². The number of hydrogen-bond donors (Lipinski definition) is 1. The monoisotopic (exact) mass is 316 g/mol. The van der Waals surface area contributed by atoms with Crippen molar-refractivity contribution in [2.75, 3.05) is 6.61 Å². The van der Waals surface area contributed by atoms with Gasteiger partial charge in [-0.05, 0) is 6.07 Å². The van der Waals surface area contributed by atoms with Crippen LogP contribution in [0.2, 0.25) is 0 Å². The first-order valence-corrected chi connectivity index (χ1v) is 7.03. The van der Waals surface area contributed by atoms with Gasteiger partial charge in [0.2, 0.25) is 5.90 Å². The highest BCUT2D eigenvalue weighted by atomic mass is 35.5. The highest BCUT2D eigenvalue weighted by molar-refractivity contribution is 6.07. The molecule has 114 valence electrons.